The van der Waals surface area contributed by atoms with Crippen molar-refractivity contribution in [3.63, 3.8) is 0 Å². The molecule has 1 aromatic rings. The SMILES string of the molecule is CC[C@@H](CCC(=O)Nc1cccc(C(=O)O)c1)C(=O)O. The van der Waals surface area contributed by atoms with E-state index < -0.39 is 17.9 Å². The fourth-order valence-corrected chi connectivity index (χ4v) is 1.76. The summed E-state index contributed by atoms with van der Waals surface area (Å²) in [5.41, 5.74) is 0.470. The van der Waals surface area contributed by atoms with Crippen LogP contribution in [0.2, 0.25) is 0 Å². The predicted molar refractivity (Wildman–Crippen MR) is 72.7 cm³/mol. The molecule has 0 fully saturated rings. The van der Waals surface area contributed by atoms with Crippen LogP contribution in [0.4, 0.5) is 5.69 Å². The third kappa shape index (κ3) is 4.72. The van der Waals surface area contributed by atoms with Crippen LogP contribution in [0.3, 0.4) is 0 Å². The third-order valence-corrected chi connectivity index (χ3v) is 2.96. The number of hydrogen-bond donors (Lipinski definition) is 3. The second kappa shape index (κ2) is 7.28. The Morgan fingerprint density at radius 3 is 2.50 bits per heavy atom. The van der Waals surface area contributed by atoms with Crippen LogP contribution in [0.1, 0.15) is 36.5 Å². The molecule has 0 aliphatic heterocycles. The lowest BCUT2D eigenvalue weighted by molar-refractivity contribution is -0.142. The average molecular weight is 279 g/mol. The van der Waals surface area contributed by atoms with Crippen molar-refractivity contribution in [3.8, 4) is 0 Å². The molecular formula is C14H17NO5. The van der Waals surface area contributed by atoms with E-state index in [1.165, 1.54) is 18.2 Å². The van der Waals surface area contributed by atoms with E-state index in [-0.39, 0.29) is 24.3 Å². The van der Waals surface area contributed by atoms with Gasteiger partial charge in [-0.05, 0) is 31.0 Å². The highest BCUT2D eigenvalue weighted by atomic mass is 16.4. The molecule has 0 bridgehead atoms. The lowest BCUT2D eigenvalue weighted by atomic mass is 10.0. The predicted octanol–water partition coefficient (Wildman–Crippen LogP) is 2.21. The molecule has 20 heavy (non-hydrogen) atoms. The largest absolute Gasteiger partial charge is 0.481 e. The number of benzene rings is 1. The Morgan fingerprint density at radius 1 is 1.25 bits per heavy atom. The highest BCUT2D eigenvalue weighted by Gasteiger charge is 2.16. The summed E-state index contributed by atoms with van der Waals surface area (Å²) in [6.45, 7) is 1.76. The van der Waals surface area contributed by atoms with E-state index in [9.17, 15) is 14.4 Å². The maximum absolute atomic E-state index is 11.7. The fourth-order valence-electron chi connectivity index (χ4n) is 1.76. The highest BCUT2D eigenvalue weighted by molar-refractivity contribution is 5.94. The van der Waals surface area contributed by atoms with Crippen LogP contribution in [0.5, 0.6) is 0 Å². The van der Waals surface area contributed by atoms with Gasteiger partial charge in [0, 0.05) is 12.1 Å². The minimum atomic E-state index is -1.07. The fraction of sp³-hybridized carbons (Fsp3) is 0.357. The molecular weight excluding hydrogens is 262 g/mol. The van der Waals surface area contributed by atoms with Gasteiger partial charge < -0.3 is 15.5 Å². The van der Waals surface area contributed by atoms with Crippen LogP contribution in [-0.2, 0) is 9.59 Å². The van der Waals surface area contributed by atoms with Crippen LogP contribution in [-0.4, -0.2) is 28.1 Å². The molecule has 0 saturated heterocycles. The minimum absolute atomic E-state index is 0.0831. The average Bonchev–Trinajstić information content (AvgIpc) is 2.39. The Hall–Kier alpha value is -2.37. The lowest BCUT2D eigenvalue weighted by Gasteiger charge is -2.10. The molecule has 108 valence electrons. The van der Waals surface area contributed by atoms with Crippen molar-refractivity contribution in [2.24, 2.45) is 5.92 Å². The molecule has 1 rings (SSSR count). The number of carbonyl (C=O) groups is 3. The first kappa shape index (κ1) is 15.7. The van der Waals surface area contributed by atoms with Gasteiger partial charge in [0.25, 0.3) is 0 Å². The summed E-state index contributed by atoms with van der Waals surface area (Å²) in [6.07, 6.45) is 0.815. The van der Waals surface area contributed by atoms with Crippen molar-refractivity contribution in [2.75, 3.05) is 5.32 Å². The summed E-state index contributed by atoms with van der Waals surface area (Å²) in [6, 6.07) is 5.90. The normalized spacial score (nSPS) is 11.7. The van der Waals surface area contributed by atoms with E-state index in [1.54, 1.807) is 13.0 Å². The molecule has 0 saturated carbocycles. The quantitative estimate of drug-likeness (QED) is 0.710. The lowest BCUT2D eigenvalue weighted by Crippen LogP contribution is -2.17. The van der Waals surface area contributed by atoms with Gasteiger partial charge in [-0.15, -0.1) is 0 Å². The number of carboxylic acid groups (broad SMARTS) is 2. The summed E-state index contributed by atoms with van der Waals surface area (Å²) >= 11 is 0. The first-order valence-corrected chi connectivity index (χ1v) is 6.30. The van der Waals surface area contributed by atoms with Gasteiger partial charge in [-0.1, -0.05) is 13.0 Å². The zero-order valence-electron chi connectivity index (χ0n) is 11.1. The molecule has 0 heterocycles. The zero-order chi connectivity index (χ0) is 15.1. The van der Waals surface area contributed by atoms with E-state index in [2.05, 4.69) is 5.32 Å². The molecule has 3 N–H and O–H groups in total. The van der Waals surface area contributed by atoms with Gasteiger partial charge in [0.15, 0.2) is 0 Å². The van der Waals surface area contributed by atoms with Gasteiger partial charge >= 0.3 is 11.9 Å². The van der Waals surface area contributed by atoms with E-state index in [1.807, 2.05) is 0 Å². The summed E-state index contributed by atoms with van der Waals surface area (Å²) in [7, 11) is 0. The number of rotatable bonds is 7. The number of nitrogens with one attached hydrogen (secondary N) is 1. The minimum Gasteiger partial charge on any atom is -0.481 e. The van der Waals surface area contributed by atoms with Gasteiger partial charge in [-0.25, -0.2) is 4.79 Å². The molecule has 1 atom stereocenters. The topological polar surface area (TPSA) is 104 Å². The van der Waals surface area contributed by atoms with Gasteiger partial charge in [-0.3, -0.25) is 9.59 Å². The van der Waals surface area contributed by atoms with Crippen molar-refractivity contribution < 1.29 is 24.6 Å². The smallest absolute Gasteiger partial charge is 0.335 e. The standard InChI is InChI=1S/C14H17NO5/c1-2-9(13(17)18)6-7-12(16)15-11-5-3-4-10(8-11)14(19)20/h3-5,8-9H,2,6-7H2,1H3,(H,15,16)(H,17,18)(H,19,20)/t9-/m0/s1. The van der Waals surface area contributed by atoms with Crippen molar-refractivity contribution in [1.82, 2.24) is 0 Å². The molecule has 0 aliphatic rings. The van der Waals surface area contributed by atoms with E-state index in [4.69, 9.17) is 10.2 Å². The van der Waals surface area contributed by atoms with Gasteiger partial charge in [0.05, 0.1) is 11.5 Å². The second-order valence-corrected chi connectivity index (χ2v) is 4.42. The van der Waals surface area contributed by atoms with Crippen molar-refractivity contribution in [1.29, 1.82) is 0 Å². The molecule has 0 aromatic heterocycles. The number of anilines is 1. The Labute approximate surface area is 116 Å². The van der Waals surface area contributed by atoms with Crippen LogP contribution in [0.25, 0.3) is 0 Å². The highest BCUT2D eigenvalue weighted by Crippen LogP contribution is 2.14. The van der Waals surface area contributed by atoms with Gasteiger partial charge in [0.1, 0.15) is 0 Å². The molecule has 0 radical (unpaired) electrons. The molecule has 0 spiro atoms. The zero-order valence-corrected chi connectivity index (χ0v) is 11.1. The summed E-state index contributed by atoms with van der Waals surface area (Å²) in [5.74, 6) is -2.84. The molecule has 1 aromatic carbocycles. The maximum Gasteiger partial charge on any atom is 0.335 e. The number of amides is 1. The first-order valence-electron chi connectivity index (χ1n) is 6.30. The van der Waals surface area contributed by atoms with Crippen molar-refractivity contribution in [2.45, 2.75) is 26.2 Å². The van der Waals surface area contributed by atoms with Gasteiger partial charge in [-0.2, -0.15) is 0 Å². The number of hydrogen-bond acceptors (Lipinski definition) is 3. The summed E-state index contributed by atoms with van der Waals surface area (Å²) in [4.78, 5) is 33.3. The molecule has 6 heteroatoms. The number of carbonyl (C=O) groups excluding carboxylic acids is 1. The maximum atomic E-state index is 11.7. The number of aromatic carboxylic acids is 1. The van der Waals surface area contributed by atoms with Gasteiger partial charge in [0.2, 0.25) is 5.91 Å². The van der Waals surface area contributed by atoms with Crippen LogP contribution in [0, 0.1) is 5.92 Å². The van der Waals surface area contributed by atoms with Crippen molar-refractivity contribution in [3.05, 3.63) is 29.8 Å². The van der Waals surface area contributed by atoms with E-state index in [0.29, 0.717) is 12.1 Å². The number of aliphatic carboxylic acids is 1. The Bertz CT molecular complexity index is 512. The molecule has 0 aliphatic carbocycles. The monoisotopic (exact) mass is 279 g/mol. The Morgan fingerprint density at radius 2 is 1.95 bits per heavy atom. The summed E-state index contributed by atoms with van der Waals surface area (Å²) in [5, 5.41) is 20.3. The number of carboxylic acids is 2. The Balaban J connectivity index is 2.56. The van der Waals surface area contributed by atoms with Crippen LogP contribution < -0.4 is 5.32 Å². The van der Waals surface area contributed by atoms with Crippen LogP contribution in [0.15, 0.2) is 24.3 Å². The van der Waals surface area contributed by atoms with E-state index >= 15 is 0 Å². The van der Waals surface area contributed by atoms with E-state index in [0.717, 1.165) is 0 Å². The third-order valence-electron chi connectivity index (χ3n) is 2.96. The van der Waals surface area contributed by atoms with Crippen molar-refractivity contribution >= 4 is 23.5 Å². The van der Waals surface area contributed by atoms with Crippen LogP contribution >= 0.6 is 0 Å². The Kier molecular flexibility index (Phi) is 5.71. The summed E-state index contributed by atoms with van der Waals surface area (Å²) < 4.78 is 0. The molecule has 0 unspecified atom stereocenters. The molecule has 6 nitrogen and oxygen atoms in total. The first-order chi connectivity index (χ1) is 9.43. The second-order valence-electron chi connectivity index (χ2n) is 4.42. The molecule has 1 amide bonds.